The Labute approximate surface area is 92.8 Å². The third-order valence-corrected chi connectivity index (χ3v) is 2.67. The Balaban J connectivity index is 3.09. The molecule has 1 heterocycles. The summed E-state index contributed by atoms with van der Waals surface area (Å²) in [6.07, 6.45) is 1.54. The average molecular weight is 248 g/mol. The molecule has 0 saturated carbocycles. The smallest absolute Gasteiger partial charge is 0.325 e. The van der Waals surface area contributed by atoms with Crippen LogP contribution in [0, 0.1) is 0 Å². The second-order valence-corrected chi connectivity index (χ2v) is 4.40. The largest absolute Gasteiger partial charge is 0.468 e. The van der Waals surface area contributed by atoms with Gasteiger partial charge < -0.3 is 9.30 Å². The van der Waals surface area contributed by atoms with E-state index < -0.39 is 21.1 Å². The van der Waals surface area contributed by atoms with E-state index in [4.69, 9.17) is 4.55 Å². The molecular formula is C8H12N2O5S. The summed E-state index contributed by atoms with van der Waals surface area (Å²) in [5.41, 5.74) is 0. The van der Waals surface area contributed by atoms with Crippen LogP contribution < -0.4 is 0 Å². The number of ether oxygens (including phenoxy) is 1. The fraction of sp³-hybridized carbons (Fsp3) is 0.500. The summed E-state index contributed by atoms with van der Waals surface area (Å²) in [7, 11) is -3.11. The molecule has 16 heavy (non-hydrogen) atoms. The van der Waals surface area contributed by atoms with Gasteiger partial charge in [-0.15, -0.1) is 0 Å². The Morgan fingerprint density at radius 2 is 2.25 bits per heavy atom. The van der Waals surface area contributed by atoms with Gasteiger partial charge in [-0.05, 0) is 0 Å². The van der Waals surface area contributed by atoms with E-state index in [1.54, 1.807) is 6.92 Å². The minimum atomic E-state index is -4.34. The molecule has 1 rings (SSSR count). The molecular weight excluding hydrogens is 236 g/mol. The van der Waals surface area contributed by atoms with E-state index in [1.807, 2.05) is 0 Å². The van der Waals surface area contributed by atoms with Gasteiger partial charge in [-0.2, -0.15) is 8.42 Å². The first-order chi connectivity index (χ1) is 7.38. The Morgan fingerprint density at radius 3 is 2.69 bits per heavy atom. The van der Waals surface area contributed by atoms with Gasteiger partial charge in [0.2, 0.25) is 5.03 Å². The highest BCUT2D eigenvalue weighted by Gasteiger charge is 2.18. The van der Waals surface area contributed by atoms with Crippen molar-refractivity contribution in [1.82, 2.24) is 9.55 Å². The van der Waals surface area contributed by atoms with Crippen molar-refractivity contribution in [3.63, 3.8) is 0 Å². The van der Waals surface area contributed by atoms with E-state index in [1.165, 1.54) is 11.7 Å². The normalized spacial score (nSPS) is 11.4. The lowest BCUT2D eigenvalue weighted by atomic mass is 10.4. The molecule has 0 fully saturated rings. The van der Waals surface area contributed by atoms with E-state index in [2.05, 4.69) is 9.72 Å². The highest BCUT2D eigenvalue weighted by atomic mass is 32.2. The van der Waals surface area contributed by atoms with Gasteiger partial charge in [0.25, 0.3) is 0 Å². The monoisotopic (exact) mass is 248 g/mol. The van der Waals surface area contributed by atoms with Crippen molar-refractivity contribution in [2.45, 2.75) is 24.9 Å². The first-order valence-corrected chi connectivity index (χ1v) is 5.92. The quantitative estimate of drug-likeness (QED) is 0.588. The number of hydrogen-bond donors (Lipinski definition) is 1. The molecule has 0 saturated heterocycles. The number of hydrogen-bond acceptors (Lipinski definition) is 5. The highest BCUT2D eigenvalue weighted by Crippen LogP contribution is 2.10. The molecule has 0 aliphatic rings. The fourth-order valence-corrected chi connectivity index (χ4v) is 1.66. The second kappa shape index (κ2) is 4.62. The highest BCUT2D eigenvalue weighted by molar-refractivity contribution is 7.85. The minimum absolute atomic E-state index is 0.137. The van der Waals surface area contributed by atoms with Gasteiger partial charge in [0.05, 0.1) is 7.11 Å². The van der Waals surface area contributed by atoms with Crippen molar-refractivity contribution >= 4 is 16.1 Å². The number of rotatable bonds is 4. The zero-order valence-electron chi connectivity index (χ0n) is 8.87. The molecule has 0 amide bonds. The lowest BCUT2D eigenvalue weighted by Crippen LogP contribution is -2.13. The van der Waals surface area contributed by atoms with Crippen LogP contribution in [0.2, 0.25) is 0 Å². The van der Waals surface area contributed by atoms with Gasteiger partial charge in [-0.1, -0.05) is 6.92 Å². The van der Waals surface area contributed by atoms with Crippen molar-refractivity contribution < 1.29 is 22.5 Å². The van der Waals surface area contributed by atoms with Crippen molar-refractivity contribution in [1.29, 1.82) is 0 Å². The SMILES string of the molecule is CCc1nc(S(=O)(=O)O)cn1CC(=O)OC. The summed E-state index contributed by atoms with van der Waals surface area (Å²) in [4.78, 5) is 14.7. The number of aryl methyl sites for hydroxylation is 1. The van der Waals surface area contributed by atoms with Gasteiger partial charge in [0, 0.05) is 12.6 Å². The van der Waals surface area contributed by atoms with Crippen molar-refractivity contribution in [2.24, 2.45) is 0 Å². The molecule has 0 bridgehead atoms. The molecule has 0 atom stereocenters. The molecule has 0 aromatic carbocycles. The number of nitrogens with zero attached hydrogens (tertiary/aromatic N) is 2. The maximum Gasteiger partial charge on any atom is 0.325 e. The molecule has 1 aromatic heterocycles. The Kier molecular flexibility index (Phi) is 3.66. The molecule has 0 spiro atoms. The van der Waals surface area contributed by atoms with Gasteiger partial charge >= 0.3 is 16.1 Å². The summed E-state index contributed by atoms with van der Waals surface area (Å²) in [5, 5.41) is -0.465. The van der Waals surface area contributed by atoms with Gasteiger partial charge in [-0.3, -0.25) is 9.35 Å². The fourth-order valence-electron chi connectivity index (χ4n) is 1.18. The van der Waals surface area contributed by atoms with Gasteiger partial charge in [0.1, 0.15) is 12.4 Å². The summed E-state index contributed by atoms with van der Waals surface area (Å²) in [6.45, 7) is 1.62. The molecule has 8 heteroatoms. The number of esters is 1. The zero-order valence-corrected chi connectivity index (χ0v) is 9.69. The maximum atomic E-state index is 11.0. The summed E-state index contributed by atoms with van der Waals surface area (Å²) in [6, 6.07) is 0. The molecule has 1 aromatic rings. The summed E-state index contributed by atoms with van der Waals surface area (Å²) >= 11 is 0. The van der Waals surface area contributed by atoms with Crippen LogP contribution in [0.5, 0.6) is 0 Å². The van der Waals surface area contributed by atoms with Gasteiger partial charge in [-0.25, -0.2) is 4.98 Å². The summed E-state index contributed by atoms with van der Waals surface area (Å²) < 4.78 is 36.2. The number of methoxy groups -OCH3 is 1. The van der Waals surface area contributed by atoms with Crippen molar-refractivity contribution in [2.75, 3.05) is 7.11 Å². The molecule has 0 radical (unpaired) electrons. The van der Waals surface area contributed by atoms with Gasteiger partial charge in [0.15, 0.2) is 0 Å². The number of carbonyl (C=O) groups excluding carboxylic acids is 1. The Morgan fingerprint density at radius 1 is 1.62 bits per heavy atom. The van der Waals surface area contributed by atoms with E-state index in [0.29, 0.717) is 12.2 Å². The minimum Gasteiger partial charge on any atom is -0.468 e. The Hall–Kier alpha value is -1.41. The van der Waals surface area contributed by atoms with E-state index >= 15 is 0 Å². The second-order valence-electron chi connectivity index (χ2n) is 3.03. The van der Waals surface area contributed by atoms with Crippen LogP contribution in [0.25, 0.3) is 0 Å². The van der Waals surface area contributed by atoms with E-state index in [9.17, 15) is 13.2 Å². The lowest BCUT2D eigenvalue weighted by Gasteiger charge is -2.03. The molecule has 7 nitrogen and oxygen atoms in total. The number of aromatic nitrogens is 2. The zero-order chi connectivity index (χ0) is 12.3. The number of imidazole rings is 1. The summed E-state index contributed by atoms with van der Waals surface area (Å²) in [5.74, 6) is -0.132. The van der Waals surface area contributed by atoms with Crippen LogP contribution in [0.3, 0.4) is 0 Å². The van der Waals surface area contributed by atoms with Crippen molar-refractivity contribution in [3.05, 3.63) is 12.0 Å². The predicted octanol–water partition coefficient (Wildman–Crippen LogP) is -0.135. The van der Waals surface area contributed by atoms with Crippen LogP contribution in [0.1, 0.15) is 12.7 Å². The third kappa shape index (κ3) is 2.80. The molecule has 90 valence electrons. The van der Waals surface area contributed by atoms with Crippen molar-refractivity contribution in [3.8, 4) is 0 Å². The van der Waals surface area contributed by atoms with Crippen LogP contribution in [-0.2, 0) is 32.6 Å². The molecule has 1 N–H and O–H groups in total. The molecule has 0 unspecified atom stereocenters. The molecule has 0 aliphatic carbocycles. The predicted molar refractivity (Wildman–Crippen MR) is 53.4 cm³/mol. The lowest BCUT2D eigenvalue weighted by molar-refractivity contribution is -0.141. The molecule has 0 aliphatic heterocycles. The number of carbonyl (C=O) groups is 1. The van der Waals surface area contributed by atoms with E-state index in [0.717, 1.165) is 6.20 Å². The maximum absolute atomic E-state index is 11.0. The first kappa shape index (κ1) is 12.7. The van der Waals surface area contributed by atoms with Crippen LogP contribution in [-0.4, -0.2) is 35.6 Å². The van der Waals surface area contributed by atoms with E-state index in [-0.39, 0.29) is 6.54 Å². The standard InChI is InChI=1S/C8H12N2O5S/c1-3-6-9-7(16(12,13)14)4-10(6)5-8(11)15-2/h4H,3,5H2,1-2H3,(H,12,13,14). The first-order valence-electron chi connectivity index (χ1n) is 4.48. The topological polar surface area (TPSA) is 98.5 Å². The van der Waals surface area contributed by atoms with Crippen LogP contribution in [0.4, 0.5) is 0 Å². The van der Waals surface area contributed by atoms with Crippen LogP contribution in [0.15, 0.2) is 11.2 Å². The third-order valence-electron chi connectivity index (χ3n) is 1.94. The Bertz CT molecular complexity index is 491. The average Bonchev–Trinajstić information content (AvgIpc) is 2.60. The van der Waals surface area contributed by atoms with Crippen LogP contribution >= 0.6 is 0 Å².